The molecule has 2 aromatic heterocycles. The lowest BCUT2D eigenvalue weighted by Crippen LogP contribution is -2.40. The number of aromatic nitrogens is 3. The number of halogens is 1. The zero-order valence-electron chi connectivity index (χ0n) is 18.1. The summed E-state index contributed by atoms with van der Waals surface area (Å²) in [5, 5.41) is 7.69. The molecule has 1 aliphatic heterocycles. The van der Waals surface area contributed by atoms with Gasteiger partial charge in [-0.1, -0.05) is 11.3 Å². The molecule has 9 nitrogen and oxygen atoms in total. The number of fused-ring (bicyclic) bond motifs is 1. The van der Waals surface area contributed by atoms with Gasteiger partial charge in [0.2, 0.25) is 15.2 Å². The van der Waals surface area contributed by atoms with Crippen LogP contribution >= 0.6 is 11.3 Å². The van der Waals surface area contributed by atoms with Crippen LogP contribution in [0.5, 0.6) is 0 Å². The van der Waals surface area contributed by atoms with Crippen LogP contribution in [-0.2, 0) is 14.8 Å². The number of morpholine rings is 1. The van der Waals surface area contributed by atoms with Crippen molar-refractivity contribution in [1.82, 2.24) is 19.1 Å². The van der Waals surface area contributed by atoms with Crippen molar-refractivity contribution in [2.45, 2.75) is 11.8 Å². The van der Waals surface area contributed by atoms with Gasteiger partial charge in [-0.05, 0) is 49.4 Å². The first-order valence-electron chi connectivity index (χ1n) is 10.4. The predicted molar refractivity (Wildman–Crippen MR) is 125 cm³/mol. The first kappa shape index (κ1) is 22.6. The van der Waals surface area contributed by atoms with Crippen LogP contribution in [0, 0.1) is 12.7 Å². The van der Waals surface area contributed by atoms with Crippen molar-refractivity contribution in [3.63, 3.8) is 0 Å². The van der Waals surface area contributed by atoms with Crippen molar-refractivity contribution in [2.24, 2.45) is 0 Å². The van der Waals surface area contributed by atoms with Gasteiger partial charge in [-0.2, -0.15) is 14.1 Å². The lowest BCUT2D eigenvalue weighted by atomic mass is 10.2. The average Bonchev–Trinajstić information content (AvgIpc) is 3.42. The van der Waals surface area contributed by atoms with Crippen LogP contribution in [0.1, 0.15) is 16.1 Å². The summed E-state index contributed by atoms with van der Waals surface area (Å²) in [6.45, 7) is 3.09. The number of sulfonamides is 1. The molecule has 1 aliphatic rings. The van der Waals surface area contributed by atoms with Crippen molar-refractivity contribution in [3.8, 4) is 5.13 Å². The van der Waals surface area contributed by atoms with E-state index in [1.54, 1.807) is 19.1 Å². The Morgan fingerprint density at radius 1 is 1.12 bits per heavy atom. The Hall–Kier alpha value is -3.19. The molecule has 176 valence electrons. The molecule has 34 heavy (non-hydrogen) atoms. The van der Waals surface area contributed by atoms with Gasteiger partial charge in [-0.3, -0.25) is 4.79 Å². The molecule has 0 radical (unpaired) electrons. The molecule has 5 rings (SSSR count). The van der Waals surface area contributed by atoms with Gasteiger partial charge in [0.25, 0.3) is 5.91 Å². The van der Waals surface area contributed by atoms with Gasteiger partial charge >= 0.3 is 0 Å². The minimum absolute atomic E-state index is 0.119. The van der Waals surface area contributed by atoms with Crippen LogP contribution < -0.4 is 5.32 Å². The van der Waals surface area contributed by atoms with Crippen molar-refractivity contribution in [1.29, 1.82) is 0 Å². The first-order chi connectivity index (χ1) is 16.3. The molecule has 2 aromatic carbocycles. The number of benzene rings is 2. The first-order valence-corrected chi connectivity index (χ1v) is 12.7. The van der Waals surface area contributed by atoms with Crippen LogP contribution in [0.4, 0.5) is 10.2 Å². The van der Waals surface area contributed by atoms with E-state index in [2.05, 4.69) is 15.4 Å². The smallest absolute Gasteiger partial charge is 0.256 e. The highest BCUT2D eigenvalue weighted by molar-refractivity contribution is 7.89. The Kier molecular flexibility index (Phi) is 5.90. The molecular formula is C22H20FN5O4S2. The van der Waals surface area contributed by atoms with E-state index < -0.39 is 15.9 Å². The Morgan fingerprint density at radius 2 is 1.85 bits per heavy atom. The molecule has 4 aromatic rings. The van der Waals surface area contributed by atoms with E-state index in [0.29, 0.717) is 53.2 Å². The lowest BCUT2D eigenvalue weighted by Gasteiger charge is -2.26. The molecule has 0 atom stereocenters. The number of aryl methyl sites for hydroxylation is 1. The third-order valence-electron chi connectivity index (χ3n) is 5.32. The maximum atomic E-state index is 13.6. The Balaban J connectivity index is 1.37. The molecule has 0 saturated carbocycles. The predicted octanol–water partition coefficient (Wildman–Crippen LogP) is 3.20. The van der Waals surface area contributed by atoms with Crippen LogP contribution in [0.2, 0.25) is 0 Å². The molecule has 1 N–H and O–H groups in total. The summed E-state index contributed by atoms with van der Waals surface area (Å²) in [5.41, 5.74) is 1.58. The number of nitrogens with one attached hydrogen (secondary N) is 1. The standard InChI is InChI=1S/C22H20FN5O4S2/c1-14-12-20(28(26-14)22-24-18-7-4-16(23)13-19(18)33-22)25-21(29)15-2-5-17(6-3-15)34(30,31)27-8-10-32-11-9-27/h2-7,12-13H,8-11H2,1H3,(H,25,29). The van der Waals surface area contributed by atoms with Gasteiger partial charge in [-0.15, -0.1) is 0 Å². The van der Waals surface area contributed by atoms with E-state index in [1.165, 1.54) is 56.7 Å². The minimum Gasteiger partial charge on any atom is -0.379 e. The fourth-order valence-electron chi connectivity index (χ4n) is 3.61. The topological polar surface area (TPSA) is 106 Å². The van der Waals surface area contributed by atoms with Gasteiger partial charge in [0, 0.05) is 24.7 Å². The molecule has 0 spiro atoms. The Labute approximate surface area is 198 Å². The van der Waals surface area contributed by atoms with E-state index in [4.69, 9.17) is 4.74 Å². The van der Waals surface area contributed by atoms with Gasteiger partial charge in [-0.25, -0.2) is 17.8 Å². The van der Waals surface area contributed by atoms with Crippen LogP contribution in [0.15, 0.2) is 53.4 Å². The monoisotopic (exact) mass is 501 g/mol. The molecule has 0 unspecified atom stereocenters. The lowest BCUT2D eigenvalue weighted by molar-refractivity contribution is 0.0730. The van der Waals surface area contributed by atoms with Crippen molar-refractivity contribution in [3.05, 3.63) is 65.6 Å². The summed E-state index contributed by atoms with van der Waals surface area (Å²) in [5.74, 6) is -0.386. The van der Waals surface area contributed by atoms with Gasteiger partial charge in [0.15, 0.2) is 0 Å². The number of ether oxygens (including phenoxy) is 1. The van der Waals surface area contributed by atoms with E-state index in [1.807, 2.05) is 0 Å². The van der Waals surface area contributed by atoms with E-state index >= 15 is 0 Å². The molecular weight excluding hydrogens is 481 g/mol. The summed E-state index contributed by atoms with van der Waals surface area (Å²) in [6, 6.07) is 11.8. The van der Waals surface area contributed by atoms with E-state index in [9.17, 15) is 17.6 Å². The van der Waals surface area contributed by atoms with Gasteiger partial charge < -0.3 is 10.1 Å². The average molecular weight is 502 g/mol. The number of carbonyl (C=O) groups is 1. The normalized spacial score (nSPS) is 15.0. The molecule has 1 saturated heterocycles. The third-order valence-corrected chi connectivity index (χ3v) is 8.22. The molecule has 0 bridgehead atoms. The zero-order valence-corrected chi connectivity index (χ0v) is 19.7. The number of hydrogen-bond donors (Lipinski definition) is 1. The molecule has 3 heterocycles. The van der Waals surface area contributed by atoms with Crippen molar-refractivity contribution in [2.75, 3.05) is 31.6 Å². The SMILES string of the molecule is Cc1cc(NC(=O)c2ccc(S(=O)(=O)N3CCOCC3)cc2)n(-c2nc3ccc(F)cc3s2)n1. The Morgan fingerprint density at radius 3 is 2.59 bits per heavy atom. The number of nitrogens with zero attached hydrogens (tertiary/aromatic N) is 4. The van der Waals surface area contributed by atoms with Crippen molar-refractivity contribution < 1.29 is 22.3 Å². The fourth-order valence-corrected chi connectivity index (χ4v) is 5.98. The van der Waals surface area contributed by atoms with E-state index in [-0.39, 0.29) is 16.3 Å². The summed E-state index contributed by atoms with van der Waals surface area (Å²) in [4.78, 5) is 17.5. The number of rotatable bonds is 5. The third kappa shape index (κ3) is 4.32. The second kappa shape index (κ2) is 8.87. The molecule has 0 aliphatic carbocycles. The van der Waals surface area contributed by atoms with Gasteiger partial charge in [0.05, 0.1) is 34.0 Å². The Bertz CT molecular complexity index is 1470. The second-order valence-electron chi connectivity index (χ2n) is 7.69. The minimum atomic E-state index is -3.64. The summed E-state index contributed by atoms with van der Waals surface area (Å²) in [6.07, 6.45) is 0. The summed E-state index contributed by atoms with van der Waals surface area (Å²) >= 11 is 1.25. The van der Waals surface area contributed by atoms with Crippen LogP contribution in [0.25, 0.3) is 15.3 Å². The largest absolute Gasteiger partial charge is 0.379 e. The van der Waals surface area contributed by atoms with Gasteiger partial charge in [0.1, 0.15) is 11.6 Å². The van der Waals surface area contributed by atoms with Crippen molar-refractivity contribution >= 4 is 43.3 Å². The number of hydrogen-bond acceptors (Lipinski definition) is 7. The second-order valence-corrected chi connectivity index (χ2v) is 10.6. The highest BCUT2D eigenvalue weighted by Crippen LogP contribution is 2.28. The maximum absolute atomic E-state index is 13.6. The van der Waals surface area contributed by atoms with Crippen LogP contribution in [-0.4, -0.2) is 59.7 Å². The molecule has 12 heteroatoms. The highest BCUT2D eigenvalue weighted by Gasteiger charge is 2.26. The maximum Gasteiger partial charge on any atom is 0.256 e. The quantitative estimate of drug-likeness (QED) is 0.450. The number of carbonyl (C=O) groups excluding carboxylic acids is 1. The molecule has 1 fully saturated rings. The van der Waals surface area contributed by atoms with E-state index in [0.717, 1.165) is 0 Å². The summed E-state index contributed by atoms with van der Waals surface area (Å²) in [7, 11) is -3.64. The summed E-state index contributed by atoms with van der Waals surface area (Å²) < 4.78 is 47.9. The molecule has 1 amide bonds. The number of amides is 1. The number of thiazole rings is 1. The fraction of sp³-hybridized carbons (Fsp3) is 0.227. The highest BCUT2D eigenvalue weighted by atomic mass is 32.2. The number of anilines is 1. The van der Waals surface area contributed by atoms with Crippen LogP contribution in [0.3, 0.4) is 0 Å². The zero-order chi connectivity index (χ0) is 23.9.